The van der Waals surface area contributed by atoms with E-state index in [-0.39, 0.29) is 0 Å². The molecule has 0 aliphatic rings. The van der Waals surface area contributed by atoms with Gasteiger partial charge in [0.25, 0.3) is 0 Å². The molecule has 10 heavy (non-hydrogen) atoms. The van der Waals surface area contributed by atoms with Gasteiger partial charge in [0.05, 0.1) is 0 Å². The predicted molar refractivity (Wildman–Crippen MR) is 37.7 cm³/mol. The molecule has 0 spiro atoms. The number of rotatable bonds is 0. The van der Waals surface area contributed by atoms with Gasteiger partial charge in [0, 0.05) is 23.9 Å². The molecular formula is C6H5ClN3+. The van der Waals surface area contributed by atoms with Gasteiger partial charge in [-0.05, 0) is 4.98 Å². The van der Waals surface area contributed by atoms with Crippen LogP contribution in [0, 0.1) is 0 Å². The zero-order valence-corrected chi connectivity index (χ0v) is 5.81. The van der Waals surface area contributed by atoms with E-state index in [1.165, 1.54) is 0 Å². The van der Waals surface area contributed by atoms with Gasteiger partial charge in [0.15, 0.2) is 0 Å². The molecule has 0 amide bonds. The van der Waals surface area contributed by atoms with E-state index in [0.717, 1.165) is 11.0 Å². The normalized spacial score (nSPS) is 10.5. The smallest absolute Gasteiger partial charge is 0.355 e. The third kappa shape index (κ3) is 0.752. The molecule has 2 rings (SSSR count). The minimum Gasteiger partial charge on any atom is -0.355 e. The second kappa shape index (κ2) is 1.95. The Morgan fingerprint density at radius 2 is 2.50 bits per heavy atom. The fourth-order valence-electron chi connectivity index (χ4n) is 0.857. The number of nitrogens with zero attached hydrogens (tertiary/aromatic N) is 1. The molecule has 2 N–H and O–H groups in total. The molecular weight excluding hydrogens is 150 g/mol. The molecule has 2 heterocycles. The number of aromatic amines is 2. The second-order valence-electron chi connectivity index (χ2n) is 1.97. The summed E-state index contributed by atoms with van der Waals surface area (Å²) >= 11 is 5.60. The Kier molecular flexibility index (Phi) is 1.11. The minimum atomic E-state index is 0.409. The maximum Gasteiger partial charge on any atom is 0.394 e. The molecule has 50 valence electrons. The molecule has 0 bridgehead atoms. The molecule has 4 heteroatoms. The van der Waals surface area contributed by atoms with Gasteiger partial charge in [0.2, 0.25) is 5.52 Å². The third-order valence-corrected chi connectivity index (χ3v) is 1.50. The molecule has 0 aromatic carbocycles. The van der Waals surface area contributed by atoms with Crippen LogP contribution in [0.25, 0.3) is 11.0 Å². The van der Waals surface area contributed by atoms with Crippen molar-refractivity contribution in [3.8, 4) is 0 Å². The first-order valence-electron chi connectivity index (χ1n) is 2.87. The Bertz CT molecular complexity index is 355. The standard InChI is InChI=1S/C6H4ClN3/c7-6-9-3-5-4(10-6)1-2-8-5/h1-3,8H/p+1. The van der Waals surface area contributed by atoms with Crippen molar-refractivity contribution in [2.75, 3.05) is 0 Å². The third-order valence-electron chi connectivity index (χ3n) is 1.31. The zero-order chi connectivity index (χ0) is 6.97. The van der Waals surface area contributed by atoms with Gasteiger partial charge in [0.1, 0.15) is 11.7 Å². The summed E-state index contributed by atoms with van der Waals surface area (Å²) in [5.74, 6) is 0. The molecule has 0 saturated carbocycles. The molecule has 0 atom stereocenters. The van der Waals surface area contributed by atoms with E-state index in [1.54, 1.807) is 6.20 Å². The Morgan fingerprint density at radius 1 is 1.60 bits per heavy atom. The highest BCUT2D eigenvalue weighted by molar-refractivity contribution is 6.27. The lowest BCUT2D eigenvalue weighted by Crippen LogP contribution is -2.03. The summed E-state index contributed by atoms with van der Waals surface area (Å²) in [7, 11) is 0. The monoisotopic (exact) mass is 154 g/mol. The topological polar surface area (TPSA) is 42.8 Å². The number of hydrogen-bond donors (Lipinski definition) is 1. The summed E-state index contributed by atoms with van der Waals surface area (Å²) in [4.78, 5) is 9.79. The van der Waals surface area contributed by atoms with Crippen LogP contribution in [0.5, 0.6) is 0 Å². The molecule has 3 nitrogen and oxygen atoms in total. The van der Waals surface area contributed by atoms with Crippen molar-refractivity contribution < 1.29 is 4.98 Å². The Hall–Kier alpha value is -1.09. The fourth-order valence-corrected chi connectivity index (χ4v) is 1.00. The van der Waals surface area contributed by atoms with Crippen LogP contribution in [0.15, 0.2) is 18.5 Å². The van der Waals surface area contributed by atoms with Gasteiger partial charge in [-0.2, -0.15) is 0 Å². The zero-order valence-electron chi connectivity index (χ0n) is 5.06. The van der Waals surface area contributed by atoms with Crippen LogP contribution in [-0.4, -0.2) is 9.97 Å². The van der Waals surface area contributed by atoms with Gasteiger partial charge >= 0.3 is 5.28 Å². The van der Waals surface area contributed by atoms with E-state index in [9.17, 15) is 0 Å². The van der Waals surface area contributed by atoms with Crippen LogP contribution in [-0.2, 0) is 0 Å². The van der Waals surface area contributed by atoms with Crippen LogP contribution in [0.1, 0.15) is 0 Å². The quantitative estimate of drug-likeness (QED) is 0.566. The number of aromatic nitrogens is 3. The van der Waals surface area contributed by atoms with Crippen LogP contribution in [0.3, 0.4) is 0 Å². The van der Waals surface area contributed by atoms with Crippen molar-refractivity contribution in [2.45, 2.75) is 0 Å². The first-order chi connectivity index (χ1) is 4.86. The molecule has 0 fully saturated rings. The minimum absolute atomic E-state index is 0.409. The van der Waals surface area contributed by atoms with Gasteiger partial charge in [-0.25, -0.2) is 4.98 Å². The van der Waals surface area contributed by atoms with Crippen molar-refractivity contribution in [3.05, 3.63) is 23.7 Å². The summed E-state index contributed by atoms with van der Waals surface area (Å²) in [5.41, 5.74) is 1.84. The Balaban J connectivity index is 2.86. The highest BCUT2D eigenvalue weighted by atomic mass is 35.5. The summed E-state index contributed by atoms with van der Waals surface area (Å²) in [6.45, 7) is 0. The SMILES string of the molecule is Clc1nc2cc[nH]c2c[nH+]1. The lowest BCUT2D eigenvalue weighted by atomic mass is 10.5. The van der Waals surface area contributed by atoms with Crippen molar-refractivity contribution in [1.29, 1.82) is 0 Å². The van der Waals surface area contributed by atoms with Crippen molar-refractivity contribution >= 4 is 22.6 Å². The molecule has 0 unspecified atom stereocenters. The van der Waals surface area contributed by atoms with Gasteiger partial charge in [-0.3, -0.25) is 0 Å². The molecule has 2 aromatic rings. The van der Waals surface area contributed by atoms with E-state index in [1.807, 2.05) is 12.3 Å². The van der Waals surface area contributed by atoms with E-state index < -0.39 is 0 Å². The highest BCUT2D eigenvalue weighted by Crippen LogP contribution is 2.06. The van der Waals surface area contributed by atoms with Gasteiger partial charge < -0.3 is 4.98 Å². The summed E-state index contributed by atoms with van der Waals surface area (Å²) < 4.78 is 0. The number of nitrogens with one attached hydrogen (secondary N) is 2. The molecule has 0 radical (unpaired) electrons. The van der Waals surface area contributed by atoms with Crippen molar-refractivity contribution in [1.82, 2.24) is 9.97 Å². The van der Waals surface area contributed by atoms with E-state index in [4.69, 9.17) is 11.6 Å². The van der Waals surface area contributed by atoms with Crippen LogP contribution >= 0.6 is 11.6 Å². The first-order valence-corrected chi connectivity index (χ1v) is 3.25. The predicted octanol–water partition coefficient (Wildman–Crippen LogP) is 1.03. The van der Waals surface area contributed by atoms with Crippen molar-refractivity contribution in [2.24, 2.45) is 0 Å². The highest BCUT2D eigenvalue weighted by Gasteiger charge is 2.04. The average Bonchev–Trinajstić information content (AvgIpc) is 2.33. The second-order valence-corrected chi connectivity index (χ2v) is 2.33. The van der Waals surface area contributed by atoms with E-state index >= 15 is 0 Å². The van der Waals surface area contributed by atoms with Crippen LogP contribution < -0.4 is 4.98 Å². The van der Waals surface area contributed by atoms with Gasteiger partial charge in [-0.1, -0.05) is 0 Å². The molecule has 0 saturated heterocycles. The Labute approximate surface area is 62.1 Å². The average molecular weight is 155 g/mol. The van der Waals surface area contributed by atoms with E-state index in [2.05, 4.69) is 15.0 Å². The van der Waals surface area contributed by atoms with E-state index in [0.29, 0.717) is 5.28 Å². The largest absolute Gasteiger partial charge is 0.394 e. The van der Waals surface area contributed by atoms with Crippen LogP contribution in [0.4, 0.5) is 0 Å². The summed E-state index contributed by atoms with van der Waals surface area (Å²) in [6.07, 6.45) is 3.60. The lowest BCUT2D eigenvalue weighted by molar-refractivity contribution is -0.377. The van der Waals surface area contributed by atoms with Crippen LogP contribution in [0.2, 0.25) is 5.28 Å². The summed E-state index contributed by atoms with van der Waals surface area (Å²) in [5, 5.41) is 0.409. The first kappa shape index (κ1) is 5.68. The molecule has 0 aliphatic carbocycles. The van der Waals surface area contributed by atoms with Gasteiger partial charge in [-0.15, -0.1) is 0 Å². The lowest BCUT2D eigenvalue weighted by Gasteiger charge is -1.78. The summed E-state index contributed by atoms with van der Waals surface area (Å²) in [6, 6.07) is 1.87. The molecule has 2 aromatic heterocycles. The Morgan fingerprint density at radius 3 is 3.40 bits per heavy atom. The van der Waals surface area contributed by atoms with Crippen molar-refractivity contribution in [3.63, 3.8) is 0 Å². The fraction of sp³-hybridized carbons (Fsp3) is 0. The molecule has 0 aliphatic heterocycles. The maximum absolute atomic E-state index is 5.60. The number of H-pyrrole nitrogens is 2. The number of halogens is 1. The number of hydrogen-bond acceptors (Lipinski definition) is 1. The maximum atomic E-state index is 5.60. The number of fused-ring (bicyclic) bond motifs is 1.